The standard InChI is InChI=1S/C23H32N4O3/c1-6-27(23(29)20-14-24-26(5)16(20)4)19-11-12-30-21(13-19)17-7-9-18(10-8-17)22(28)25-15(2)3/h7-10,14-15,19,21H,6,11-13H2,1-5H3,(H,25,28)/t19-,21+/m1/s1. The monoisotopic (exact) mass is 412 g/mol. The summed E-state index contributed by atoms with van der Waals surface area (Å²) in [5.41, 5.74) is 3.19. The van der Waals surface area contributed by atoms with Crippen LogP contribution in [0.5, 0.6) is 0 Å². The molecule has 0 spiro atoms. The number of aryl methyl sites for hydroxylation is 1. The third-order valence-electron chi connectivity index (χ3n) is 5.73. The quantitative estimate of drug-likeness (QED) is 0.790. The number of benzene rings is 1. The van der Waals surface area contributed by atoms with Gasteiger partial charge in [-0.1, -0.05) is 12.1 Å². The predicted molar refractivity (Wildman–Crippen MR) is 115 cm³/mol. The van der Waals surface area contributed by atoms with Crippen LogP contribution in [-0.4, -0.2) is 51.7 Å². The smallest absolute Gasteiger partial charge is 0.257 e. The van der Waals surface area contributed by atoms with E-state index in [1.807, 2.05) is 63.9 Å². The number of ether oxygens (including phenoxy) is 1. The van der Waals surface area contributed by atoms with Crippen LogP contribution in [0.3, 0.4) is 0 Å². The molecule has 2 amide bonds. The van der Waals surface area contributed by atoms with Gasteiger partial charge >= 0.3 is 0 Å². The lowest BCUT2D eigenvalue weighted by atomic mass is 9.95. The summed E-state index contributed by atoms with van der Waals surface area (Å²) in [6, 6.07) is 7.77. The first kappa shape index (κ1) is 22.0. The molecule has 30 heavy (non-hydrogen) atoms. The molecule has 7 heteroatoms. The minimum absolute atomic E-state index is 0.0226. The first-order valence-corrected chi connectivity index (χ1v) is 10.6. The number of aromatic nitrogens is 2. The van der Waals surface area contributed by atoms with E-state index in [-0.39, 0.29) is 30.0 Å². The normalized spacial score (nSPS) is 19.0. The number of carbonyl (C=O) groups excluding carboxylic acids is 2. The summed E-state index contributed by atoms with van der Waals surface area (Å²) in [5.74, 6) is -0.0527. The van der Waals surface area contributed by atoms with Crippen molar-refractivity contribution >= 4 is 11.8 Å². The summed E-state index contributed by atoms with van der Waals surface area (Å²) < 4.78 is 7.74. The maximum absolute atomic E-state index is 13.1. The molecule has 3 rings (SSSR count). The van der Waals surface area contributed by atoms with Gasteiger partial charge in [-0.2, -0.15) is 5.10 Å². The Morgan fingerprint density at radius 3 is 2.57 bits per heavy atom. The molecule has 7 nitrogen and oxygen atoms in total. The van der Waals surface area contributed by atoms with E-state index in [0.29, 0.717) is 24.3 Å². The van der Waals surface area contributed by atoms with Crippen molar-refractivity contribution in [2.75, 3.05) is 13.2 Å². The van der Waals surface area contributed by atoms with E-state index in [1.165, 1.54) is 0 Å². The van der Waals surface area contributed by atoms with E-state index in [1.54, 1.807) is 10.9 Å². The first-order valence-electron chi connectivity index (χ1n) is 10.6. The summed E-state index contributed by atoms with van der Waals surface area (Å²) in [4.78, 5) is 27.3. The third kappa shape index (κ3) is 4.73. The first-order chi connectivity index (χ1) is 14.3. The van der Waals surface area contributed by atoms with Gasteiger partial charge in [-0.15, -0.1) is 0 Å². The van der Waals surface area contributed by atoms with E-state index in [2.05, 4.69) is 10.4 Å². The third-order valence-corrected chi connectivity index (χ3v) is 5.73. The van der Waals surface area contributed by atoms with Crippen LogP contribution in [0.1, 0.15) is 71.7 Å². The molecule has 1 fully saturated rings. The van der Waals surface area contributed by atoms with Gasteiger partial charge in [0.2, 0.25) is 0 Å². The van der Waals surface area contributed by atoms with Crippen molar-refractivity contribution in [2.24, 2.45) is 7.05 Å². The summed E-state index contributed by atoms with van der Waals surface area (Å²) in [6.45, 7) is 9.04. The van der Waals surface area contributed by atoms with Crippen molar-refractivity contribution in [3.05, 3.63) is 52.8 Å². The molecular formula is C23H32N4O3. The molecule has 2 heterocycles. The number of amides is 2. The zero-order valence-corrected chi connectivity index (χ0v) is 18.5. The van der Waals surface area contributed by atoms with Gasteiger partial charge in [0.05, 0.1) is 17.9 Å². The van der Waals surface area contributed by atoms with Gasteiger partial charge in [-0.05, 0) is 58.2 Å². The Kier molecular flexibility index (Phi) is 6.92. The molecule has 0 aliphatic carbocycles. The molecule has 0 radical (unpaired) electrons. The lowest BCUT2D eigenvalue weighted by molar-refractivity contribution is -0.0232. The molecule has 0 saturated carbocycles. The topological polar surface area (TPSA) is 76.5 Å². The van der Waals surface area contributed by atoms with E-state index in [0.717, 1.165) is 24.1 Å². The summed E-state index contributed by atoms with van der Waals surface area (Å²) in [7, 11) is 1.85. The molecule has 162 valence electrons. The minimum Gasteiger partial charge on any atom is -0.373 e. The number of nitrogens with zero attached hydrogens (tertiary/aromatic N) is 3. The fraction of sp³-hybridized carbons (Fsp3) is 0.522. The fourth-order valence-corrected chi connectivity index (χ4v) is 3.92. The number of hydrogen-bond acceptors (Lipinski definition) is 4. The highest BCUT2D eigenvalue weighted by Crippen LogP contribution is 2.31. The van der Waals surface area contributed by atoms with Crippen molar-refractivity contribution < 1.29 is 14.3 Å². The van der Waals surface area contributed by atoms with Crippen molar-refractivity contribution in [1.82, 2.24) is 20.0 Å². The van der Waals surface area contributed by atoms with Crippen LogP contribution in [0.2, 0.25) is 0 Å². The van der Waals surface area contributed by atoms with Crippen LogP contribution in [0.15, 0.2) is 30.5 Å². The van der Waals surface area contributed by atoms with Crippen molar-refractivity contribution in [1.29, 1.82) is 0 Å². The molecule has 1 aliphatic heterocycles. The van der Waals surface area contributed by atoms with E-state index < -0.39 is 0 Å². The summed E-state index contributed by atoms with van der Waals surface area (Å²) in [5, 5.41) is 7.11. The Balaban J connectivity index is 1.71. The van der Waals surface area contributed by atoms with Crippen LogP contribution >= 0.6 is 0 Å². The minimum atomic E-state index is -0.0946. The maximum atomic E-state index is 13.1. The Hall–Kier alpha value is -2.67. The highest BCUT2D eigenvalue weighted by atomic mass is 16.5. The molecule has 1 aromatic heterocycles. The predicted octanol–water partition coefficient (Wildman–Crippen LogP) is 3.25. The number of nitrogens with one attached hydrogen (secondary N) is 1. The molecule has 0 unspecified atom stereocenters. The highest BCUT2D eigenvalue weighted by molar-refractivity contribution is 5.95. The summed E-state index contributed by atoms with van der Waals surface area (Å²) in [6.07, 6.45) is 3.10. The van der Waals surface area contributed by atoms with Gasteiger partial charge in [-0.3, -0.25) is 14.3 Å². The van der Waals surface area contributed by atoms with Crippen molar-refractivity contribution in [3.63, 3.8) is 0 Å². The molecule has 1 aliphatic rings. The zero-order chi connectivity index (χ0) is 21.8. The molecule has 1 N–H and O–H groups in total. The second-order valence-electron chi connectivity index (χ2n) is 8.15. The molecular weight excluding hydrogens is 380 g/mol. The molecule has 2 atom stereocenters. The number of carbonyl (C=O) groups is 2. The average molecular weight is 413 g/mol. The van der Waals surface area contributed by atoms with Gasteiger partial charge in [0.25, 0.3) is 11.8 Å². The van der Waals surface area contributed by atoms with E-state index >= 15 is 0 Å². The van der Waals surface area contributed by atoms with Gasteiger partial charge in [0.15, 0.2) is 0 Å². The number of hydrogen-bond donors (Lipinski definition) is 1. The van der Waals surface area contributed by atoms with E-state index in [9.17, 15) is 9.59 Å². The van der Waals surface area contributed by atoms with Crippen molar-refractivity contribution in [3.8, 4) is 0 Å². The van der Waals surface area contributed by atoms with Crippen LogP contribution in [0, 0.1) is 6.92 Å². The van der Waals surface area contributed by atoms with Gasteiger partial charge < -0.3 is 15.0 Å². The Morgan fingerprint density at radius 1 is 1.30 bits per heavy atom. The largest absolute Gasteiger partial charge is 0.373 e. The second-order valence-corrected chi connectivity index (χ2v) is 8.15. The fourth-order valence-electron chi connectivity index (χ4n) is 3.92. The van der Waals surface area contributed by atoms with Gasteiger partial charge in [0.1, 0.15) is 0 Å². The molecule has 0 bridgehead atoms. The van der Waals surface area contributed by atoms with Crippen LogP contribution in [0.25, 0.3) is 0 Å². The zero-order valence-electron chi connectivity index (χ0n) is 18.5. The maximum Gasteiger partial charge on any atom is 0.257 e. The van der Waals surface area contributed by atoms with Crippen LogP contribution < -0.4 is 5.32 Å². The average Bonchev–Trinajstić information content (AvgIpc) is 3.07. The lowest BCUT2D eigenvalue weighted by Crippen LogP contribution is -2.44. The van der Waals surface area contributed by atoms with Crippen molar-refractivity contribution in [2.45, 2.75) is 58.7 Å². The number of rotatable bonds is 6. The molecule has 1 aromatic carbocycles. The van der Waals surface area contributed by atoms with E-state index in [4.69, 9.17) is 4.74 Å². The Bertz CT molecular complexity index is 888. The second kappa shape index (κ2) is 9.43. The van der Waals surface area contributed by atoms with Gasteiger partial charge in [-0.25, -0.2) is 0 Å². The molecule has 1 saturated heterocycles. The Morgan fingerprint density at radius 2 is 2.00 bits per heavy atom. The Labute approximate surface area is 178 Å². The lowest BCUT2D eigenvalue weighted by Gasteiger charge is -2.37. The highest BCUT2D eigenvalue weighted by Gasteiger charge is 2.31. The summed E-state index contributed by atoms with van der Waals surface area (Å²) >= 11 is 0. The van der Waals surface area contributed by atoms with Crippen LogP contribution in [0.4, 0.5) is 0 Å². The van der Waals surface area contributed by atoms with Crippen LogP contribution in [-0.2, 0) is 11.8 Å². The van der Waals surface area contributed by atoms with Gasteiger partial charge in [0, 0.05) is 43.5 Å². The molecule has 2 aromatic rings. The SMILES string of the molecule is CCN(C(=O)c1cnn(C)c1C)[C@@H]1CCO[C@H](c2ccc(C(=O)NC(C)C)cc2)C1.